The number of carbonyl (C=O) groups is 1. The zero-order chi connectivity index (χ0) is 17.1. The molecule has 4 rings (SSSR count). The van der Waals surface area contributed by atoms with Gasteiger partial charge in [0.25, 0.3) is 0 Å². The van der Waals surface area contributed by atoms with Gasteiger partial charge >= 0.3 is 0 Å². The molecule has 136 valence electrons. The van der Waals surface area contributed by atoms with Crippen molar-refractivity contribution in [1.82, 2.24) is 14.9 Å². The third-order valence-electron chi connectivity index (χ3n) is 5.59. The molecule has 1 amide bonds. The van der Waals surface area contributed by atoms with E-state index >= 15 is 0 Å². The number of rotatable bonds is 4. The Morgan fingerprint density at radius 1 is 1.24 bits per heavy atom. The van der Waals surface area contributed by atoms with Gasteiger partial charge in [-0.3, -0.25) is 4.79 Å². The lowest BCUT2D eigenvalue weighted by Crippen LogP contribution is -2.67. The first-order valence-corrected chi connectivity index (χ1v) is 9.25. The van der Waals surface area contributed by atoms with Crippen molar-refractivity contribution in [3.05, 3.63) is 18.5 Å². The summed E-state index contributed by atoms with van der Waals surface area (Å²) in [7, 11) is 0. The number of hydrogen-bond acceptors (Lipinski definition) is 6. The van der Waals surface area contributed by atoms with Gasteiger partial charge in [0.2, 0.25) is 11.9 Å². The number of likely N-dealkylation sites (tertiary alicyclic amines) is 1. The van der Waals surface area contributed by atoms with Crippen LogP contribution in [0.5, 0.6) is 0 Å². The summed E-state index contributed by atoms with van der Waals surface area (Å²) in [4.78, 5) is 22.9. The number of aromatic nitrogens is 2. The van der Waals surface area contributed by atoms with E-state index in [-0.39, 0.29) is 11.5 Å². The highest BCUT2D eigenvalue weighted by molar-refractivity contribution is 5.80. The summed E-state index contributed by atoms with van der Waals surface area (Å²) in [6.45, 7) is 4.50. The lowest BCUT2D eigenvalue weighted by atomic mass is 9.82. The number of hydrogen-bond donors (Lipinski definition) is 1. The summed E-state index contributed by atoms with van der Waals surface area (Å²) < 4.78 is 11.5. The maximum absolute atomic E-state index is 12.5. The average molecular weight is 346 g/mol. The van der Waals surface area contributed by atoms with Gasteiger partial charge in [-0.2, -0.15) is 0 Å². The summed E-state index contributed by atoms with van der Waals surface area (Å²) in [6, 6.07) is 1.81. The second-order valence-corrected chi connectivity index (χ2v) is 7.43. The van der Waals surface area contributed by atoms with E-state index in [1.807, 2.05) is 11.0 Å². The first-order valence-electron chi connectivity index (χ1n) is 9.25. The molecule has 3 aliphatic rings. The van der Waals surface area contributed by atoms with Crippen molar-refractivity contribution in [1.29, 1.82) is 0 Å². The van der Waals surface area contributed by atoms with Gasteiger partial charge in [-0.15, -0.1) is 0 Å². The van der Waals surface area contributed by atoms with Crippen LogP contribution < -0.4 is 5.32 Å². The van der Waals surface area contributed by atoms with Crippen molar-refractivity contribution < 1.29 is 14.3 Å². The summed E-state index contributed by atoms with van der Waals surface area (Å²) >= 11 is 0. The zero-order valence-electron chi connectivity index (χ0n) is 14.5. The summed E-state index contributed by atoms with van der Waals surface area (Å²) in [5.41, 5.74) is -0.0967. The number of amides is 1. The predicted molar refractivity (Wildman–Crippen MR) is 92.1 cm³/mol. The molecule has 7 nitrogen and oxygen atoms in total. The van der Waals surface area contributed by atoms with E-state index in [1.54, 1.807) is 12.4 Å². The van der Waals surface area contributed by atoms with Crippen LogP contribution in [0.15, 0.2) is 18.5 Å². The Hall–Kier alpha value is -1.73. The Morgan fingerprint density at radius 3 is 2.68 bits per heavy atom. The highest BCUT2D eigenvalue weighted by atomic mass is 16.5. The van der Waals surface area contributed by atoms with E-state index in [0.717, 1.165) is 51.9 Å². The fourth-order valence-electron chi connectivity index (χ4n) is 3.96. The Bertz CT molecular complexity index is 575. The second kappa shape index (κ2) is 7.25. The van der Waals surface area contributed by atoms with Gasteiger partial charge in [0.15, 0.2) is 0 Å². The monoisotopic (exact) mass is 346 g/mol. The number of carbonyl (C=O) groups excluding carboxylic acids is 1. The molecule has 3 saturated heterocycles. The van der Waals surface area contributed by atoms with Crippen molar-refractivity contribution in [3.8, 4) is 0 Å². The maximum atomic E-state index is 12.5. The SMILES string of the molecule is O=C(C1CCOCC1)N1CC2(CCC(CNc3ncccn3)CO2)C1. The molecule has 0 radical (unpaired) electrons. The van der Waals surface area contributed by atoms with Crippen molar-refractivity contribution in [2.45, 2.75) is 31.3 Å². The van der Waals surface area contributed by atoms with E-state index in [0.29, 0.717) is 31.0 Å². The van der Waals surface area contributed by atoms with E-state index in [9.17, 15) is 4.79 Å². The van der Waals surface area contributed by atoms with Gasteiger partial charge in [0.1, 0.15) is 5.60 Å². The molecule has 25 heavy (non-hydrogen) atoms. The van der Waals surface area contributed by atoms with Crippen LogP contribution in [0.3, 0.4) is 0 Å². The van der Waals surface area contributed by atoms with E-state index in [1.165, 1.54) is 0 Å². The smallest absolute Gasteiger partial charge is 0.226 e. The predicted octanol–water partition coefficient (Wildman–Crippen LogP) is 1.32. The van der Waals surface area contributed by atoms with Gasteiger partial charge in [0.05, 0.1) is 19.7 Å². The third kappa shape index (κ3) is 3.77. The fraction of sp³-hybridized carbons (Fsp3) is 0.722. The molecule has 1 atom stereocenters. The van der Waals surface area contributed by atoms with Crippen molar-refractivity contribution in [2.75, 3.05) is 44.8 Å². The molecule has 7 heteroatoms. The van der Waals surface area contributed by atoms with Gasteiger partial charge in [-0.05, 0) is 37.7 Å². The molecule has 1 aromatic rings. The molecule has 3 aliphatic heterocycles. The van der Waals surface area contributed by atoms with E-state index in [4.69, 9.17) is 9.47 Å². The number of ether oxygens (including phenoxy) is 2. The summed E-state index contributed by atoms with van der Waals surface area (Å²) in [5, 5.41) is 3.27. The molecule has 4 heterocycles. The van der Waals surface area contributed by atoms with Gasteiger partial charge in [-0.25, -0.2) is 9.97 Å². The lowest BCUT2D eigenvalue weighted by molar-refractivity contribution is -0.191. The minimum atomic E-state index is -0.0967. The minimum Gasteiger partial charge on any atom is -0.381 e. The Labute approximate surface area is 148 Å². The lowest BCUT2D eigenvalue weighted by Gasteiger charge is -2.53. The fourth-order valence-corrected chi connectivity index (χ4v) is 3.96. The number of anilines is 1. The van der Waals surface area contributed by atoms with E-state index < -0.39 is 0 Å². The van der Waals surface area contributed by atoms with E-state index in [2.05, 4.69) is 15.3 Å². The molecule has 1 aromatic heterocycles. The highest BCUT2D eigenvalue weighted by Gasteiger charge is 2.49. The Morgan fingerprint density at radius 2 is 2.00 bits per heavy atom. The van der Waals surface area contributed by atoms with Crippen molar-refractivity contribution in [2.24, 2.45) is 11.8 Å². The first-order chi connectivity index (χ1) is 12.2. The molecule has 0 aromatic carbocycles. The quantitative estimate of drug-likeness (QED) is 0.886. The molecular formula is C18H26N4O3. The van der Waals surface area contributed by atoms with Crippen molar-refractivity contribution >= 4 is 11.9 Å². The molecule has 3 fully saturated rings. The largest absolute Gasteiger partial charge is 0.381 e. The zero-order valence-corrected chi connectivity index (χ0v) is 14.5. The normalized spacial score (nSPS) is 26.2. The Balaban J connectivity index is 1.20. The van der Waals surface area contributed by atoms with Crippen LogP contribution in [0, 0.1) is 11.8 Å². The van der Waals surface area contributed by atoms with Crippen LogP contribution >= 0.6 is 0 Å². The third-order valence-corrected chi connectivity index (χ3v) is 5.59. The number of nitrogens with one attached hydrogen (secondary N) is 1. The maximum Gasteiger partial charge on any atom is 0.226 e. The molecule has 1 spiro atoms. The molecule has 1 unspecified atom stereocenters. The van der Waals surface area contributed by atoms with Crippen LogP contribution in [0.4, 0.5) is 5.95 Å². The van der Waals surface area contributed by atoms with Crippen LogP contribution in [0.2, 0.25) is 0 Å². The summed E-state index contributed by atoms with van der Waals surface area (Å²) in [6.07, 6.45) is 7.32. The van der Waals surface area contributed by atoms with Crippen LogP contribution in [-0.2, 0) is 14.3 Å². The molecule has 1 N–H and O–H groups in total. The molecule has 0 saturated carbocycles. The van der Waals surface area contributed by atoms with Gasteiger partial charge in [0, 0.05) is 38.1 Å². The van der Waals surface area contributed by atoms with Crippen LogP contribution in [-0.4, -0.2) is 65.8 Å². The highest BCUT2D eigenvalue weighted by Crippen LogP contribution is 2.37. The second-order valence-electron chi connectivity index (χ2n) is 7.43. The average Bonchev–Trinajstić information content (AvgIpc) is 2.66. The number of nitrogens with zero attached hydrogens (tertiary/aromatic N) is 3. The standard InChI is InChI=1S/C18H26N4O3/c23-16(15-3-8-24-9-4-15)22-12-18(13-22)5-2-14(11-25-18)10-21-17-19-6-1-7-20-17/h1,6-7,14-15H,2-5,8-13H2,(H,19,20,21). The van der Waals surface area contributed by atoms with Crippen LogP contribution in [0.1, 0.15) is 25.7 Å². The van der Waals surface area contributed by atoms with Gasteiger partial charge < -0.3 is 19.7 Å². The topological polar surface area (TPSA) is 76.6 Å². The Kier molecular flexibility index (Phi) is 4.85. The van der Waals surface area contributed by atoms with Gasteiger partial charge in [-0.1, -0.05) is 0 Å². The molecular weight excluding hydrogens is 320 g/mol. The minimum absolute atomic E-state index is 0.0967. The summed E-state index contributed by atoms with van der Waals surface area (Å²) in [5.74, 6) is 1.58. The van der Waals surface area contributed by atoms with Crippen molar-refractivity contribution in [3.63, 3.8) is 0 Å². The molecule has 0 bridgehead atoms. The first kappa shape index (κ1) is 16.7. The van der Waals surface area contributed by atoms with Crippen LogP contribution in [0.25, 0.3) is 0 Å². The molecule has 0 aliphatic carbocycles.